The quantitative estimate of drug-likeness (QED) is 0.609. The van der Waals surface area contributed by atoms with Gasteiger partial charge in [0.05, 0.1) is 22.9 Å². The number of carboxylic acids is 1. The zero-order chi connectivity index (χ0) is 16.7. The van der Waals surface area contributed by atoms with E-state index in [1.807, 2.05) is 24.3 Å². The predicted molar refractivity (Wildman–Crippen MR) is 95.8 cm³/mol. The van der Waals surface area contributed by atoms with Gasteiger partial charge in [-0.2, -0.15) is 0 Å². The molecule has 0 spiro atoms. The van der Waals surface area contributed by atoms with Crippen molar-refractivity contribution >= 4 is 39.2 Å². The number of carboxylic acid groups (broad SMARTS) is 1. The zero-order valence-corrected chi connectivity index (χ0v) is 14.7. The zero-order valence-electron chi connectivity index (χ0n) is 12.4. The Morgan fingerprint density at radius 2 is 1.91 bits per heavy atom. The molecule has 2 rings (SSSR count). The maximum absolute atomic E-state index is 11.2. The maximum Gasteiger partial charge on any atom is 0.337 e. The van der Waals surface area contributed by atoms with E-state index >= 15 is 0 Å². The lowest BCUT2D eigenvalue weighted by atomic mass is 10.1. The highest BCUT2D eigenvalue weighted by atomic mass is 79.9. The molecule has 0 amide bonds. The third-order valence-corrected chi connectivity index (χ3v) is 4.04. The first-order valence-corrected chi connectivity index (χ1v) is 8.39. The molecule has 0 unspecified atom stereocenters. The van der Waals surface area contributed by atoms with Crippen molar-refractivity contribution in [1.29, 1.82) is 0 Å². The lowest BCUT2D eigenvalue weighted by Crippen LogP contribution is -2.09. The minimum absolute atomic E-state index is 0.184. The van der Waals surface area contributed by atoms with Crippen LogP contribution in [0.25, 0.3) is 0 Å². The van der Waals surface area contributed by atoms with Crippen LogP contribution < -0.4 is 10.1 Å². The molecule has 6 heteroatoms. The number of aromatic carboxylic acids is 1. The molecule has 0 aliphatic heterocycles. The van der Waals surface area contributed by atoms with Crippen LogP contribution in [0.1, 0.15) is 23.2 Å². The number of hydrogen-bond acceptors (Lipinski definition) is 3. The van der Waals surface area contributed by atoms with Crippen LogP contribution in [0.3, 0.4) is 0 Å². The van der Waals surface area contributed by atoms with E-state index in [9.17, 15) is 4.79 Å². The lowest BCUT2D eigenvalue weighted by molar-refractivity contribution is 0.0698. The molecular formula is C17H17BrClNO3. The topological polar surface area (TPSA) is 58.6 Å². The molecule has 0 bridgehead atoms. The smallest absolute Gasteiger partial charge is 0.337 e. The van der Waals surface area contributed by atoms with Crippen LogP contribution in [0.5, 0.6) is 5.75 Å². The minimum Gasteiger partial charge on any atom is -0.494 e. The van der Waals surface area contributed by atoms with Crippen LogP contribution in [0.2, 0.25) is 5.02 Å². The first-order valence-electron chi connectivity index (χ1n) is 7.22. The average molecular weight is 399 g/mol. The molecule has 23 heavy (non-hydrogen) atoms. The third-order valence-electron chi connectivity index (χ3n) is 3.20. The summed E-state index contributed by atoms with van der Waals surface area (Å²) in [7, 11) is 0. The van der Waals surface area contributed by atoms with Gasteiger partial charge in [-0.3, -0.25) is 0 Å². The molecule has 0 radical (unpaired) electrons. The summed E-state index contributed by atoms with van der Waals surface area (Å²) in [5, 5.41) is 12.7. The summed E-state index contributed by atoms with van der Waals surface area (Å²) < 4.78 is 6.65. The summed E-state index contributed by atoms with van der Waals surface area (Å²) in [6.45, 7) is 1.24. The van der Waals surface area contributed by atoms with Crippen molar-refractivity contribution in [3.63, 3.8) is 0 Å². The Balaban J connectivity index is 1.74. The number of para-hydroxylation sites is 1. The average Bonchev–Trinajstić information content (AvgIpc) is 2.53. The standard InChI is InChI=1S/C17H17BrClNO3/c18-12-6-8-13(9-7-12)23-11-2-1-10-20-16-14(17(21)22)4-3-5-15(16)19/h3-9,20H,1-2,10-11H2,(H,21,22). The Kier molecular flexibility index (Phi) is 6.74. The van der Waals surface area contributed by atoms with Crippen LogP contribution in [0, 0.1) is 0 Å². The van der Waals surface area contributed by atoms with Gasteiger partial charge in [-0.15, -0.1) is 0 Å². The van der Waals surface area contributed by atoms with Gasteiger partial charge in [-0.25, -0.2) is 4.79 Å². The predicted octanol–water partition coefficient (Wildman–Crippen LogP) is 5.07. The lowest BCUT2D eigenvalue weighted by Gasteiger charge is -2.11. The fourth-order valence-corrected chi connectivity index (χ4v) is 2.55. The number of unbranched alkanes of at least 4 members (excludes halogenated alkanes) is 1. The molecule has 0 aromatic heterocycles. The number of halogens is 2. The second-order valence-electron chi connectivity index (χ2n) is 4.90. The van der Waals surface area contributed by atoms with Crippen molar-refractivity contribution in [2.75, 3.05) is 18.5 Å². The molecule has 122 valence electrons. The van der Waals surface area contributed by atoms with Crippen molar-refractivity contribution in [3.05, 3.63) is 57.5 Å². The Labute approximate surface area is 148 Å². The van der Waals surface area contributed by atoms with Gasteiger partial charge in [0, 0.05) is 11.0 Å². The third kappa shape index (κ3) is 5.44. The fraction of sp³-hybridized carbons (Fsp3) is 0.235. The Bertz CT molecular complexity index is 661. The van der Waals surface area contributed by atoms with Crippen LogP contribution >= 0.6 is 27.5 Å². The van der Waals surface area contributed by atoms with Crippen LogP contribution in [-0.4, -0.2) is 24.2 Å². The van der Waals surface area contributed by atoms with Gasteiger partial charge in [0.2, 0.25) is 0 Å². The molecule has 0 aliphatic carbocycles. The number of nitrogens with one attached hydrogen (secondary N) is 1. The van der Waals surface area contributed by atoms with E-state index in [0.29, 0.717) is 23.9 Å². The number of rotatable bonds is 8. The highest BCUT2D eigenvalue weighted by molar-refractivity contribution is 9.10. The molecule has 2 aromatic rings. The Hall–Kier alpha value is -1.72. The second-order valence-corrected chi connectivity index (χ2v) is 6.23. The Morgan fingerprint density at radius 1 is 1.17 bits per heavy atom. The summed E-state index contributed by atoms with van der Waals surface area (Å²) >= 11 is 9.43. The summed E-state index contributed by atoms with van der Waals surface area (Å²) in [6, 6.07) is 12.5. The summed E-state index contributed by atoms with van der Waals surface area (Å²) in [5.74, 6) is -0.158. The molecule has 0 atom stereocenters. The molecule has 0 fully saturated rings. The highest BCUT2D eigenvalue weighted by Gasteiger charge is 2.12. The van der Waals surface area contributed by atoms with Crippen molar-refractivity contribution in [1.82, 2.24) is 0 Å². The molecule has 2 N–H and O–H groups in total. The summed E-state index contributed by atoms with van der Waals surface area (Å²) in [6.07, 6.45) is 1.71. The van der Waals surface area contributed by atoms with Gasteiger partial charge in [-0.1, -0.05) is 33.6 Å². The first kappa shape index (κ1) is 17.6. The SMILES string of the molecule is O=C(O)c1cccc(Cl)c1NCCCCOc1ccc(Br)cc1. The molecule has 0 saturated heterocycles. The summed E-state index contributed by atoms with van der Waals surface area (Å²) in [4.78, 5) is 11.2. The van der Waals surface area contributed by atoms with Gasteiger partial charge in [-0.05, 0) is 49.2 Å². The fourth-order valence-electron chi connectivity index (χ4n) is 2.04. The molecule has 0 heterocycles. The van der Waals surface area contributed by atoms with E-state index in [2.05, 4.69) is 21.2 Å². The van der Waals surface area contributed by atoms with Gasteiger partial charge >= 0.3 is 5.97 Å². The maximum atomic E-state index is 11.2. The van der Waals surface area contributed by atoms with Gasteiger partial charge < -0.3 is 15.2 Å². The van der Waals surface area contributed by atoms with E-state index in [-0.39, 0.29) is 5.56 Å². The van der Waals surface area contributed by atoms with Crippen molar-refractivity contribution < 1.29 is 14.6 Å². The van der Waals surface area contributed by atoms with Crippen molar-refractivity contribution in [3.8, 4) is 5.75 Å². The Morgan fingerprint density at radius 3 is 2.61 bits per heavy atom. The van der Waals surface area contributed by atoms with E-state index in [0.717, 1.165) is 23.1 Å². The van der Waals surface area contributed by atoms with Gasteiger partial charge in [0.15, 0.2) is 0 Å². The summed E-state index contributed by atoms with van der Waals surface area (Å²) in [5.41, 5.74) is 0.652. The normalized spacial score (nSPS) is 10.3. The highest BCUT2D eigenvalue weighted by Crippen LogP contribution is 2.26. The van der Waals surface area contributed by atoms with E-state index in [1.165, 1.54) is 6.07 Å². The van der Waals surface area contributed by atoms with Crippen molar-refractivity contribution in [2.45, 2.75) is 12.8 Å². The van der Waals surface area contributed by atoms with Gasteiger partial charge in [0.1, 0.15) is 5.75 Å². The van der Waals surface area contributed by atoms with Crippen LogP contribution in [0.15, 0.2) is 46.9 Å². The van der Waals surface area contributed by atoms with Crippen molar-refractivity contribution in [2.24, 2.45) is 0 Å². The molecule has 4 nitrogen and oxygen atoms in total. The van der Waals surface area contributed by atoms with Crippen LogP contribution in [-0.2, 0) is 0 Å². The molecule has 0 saturated carbocycles. The molecule has 0 aliphatic rings. The van der Waals surface area contributed by atoms with Gasteiger partial charge in [0.25, 0.3) is 0 Å². The van der Waals surface area contributed by atoms with E-state index < -0.39 is 5.97 Å². The number of hydrogen-bond donors (Lipinski definition) is 2. The largest absolute Gasteiger partial charge is 0.494 e. The number of carbonyl (C=O) groups is 1. The van der Waals surface area contributed by atoms with E-state index in [1.54, 1.807) is 12.1 Å². The number of ether oxygens (including phenoxy) is 1. The van der Waals surface area contributed by atoms with Crippen LogP contribution in [0.4, 0.5) is 5.69 Å². The minimum atomic E-state index is -0.992. The molecule has 2 aromatic carbocycles. The monoisotopic (exact) mass is 397 g/mol. The first-order chi connectivity index (χ1) is 11.1. The number of benzene rings is 2. The molecular weight excluding hydrogens is 382 g/mol. The number of anilines is 1. The second kappa shape index (κ2) is 8.79. The van der Waals surface area contributed by atoms with E-state index in [4.69, 9.17) is 21.4 Å².